The van der Waals surface area contributed by atoms with Crippen LogP contribution in [-0.2, 0) is 6.42 Å². The van der Waals surface area contributed by atoms with Gasteiger partial charge in [-0.05, 0) is 30.4 Å². The van der Waals surface area contributed by atoms with E-state index in [1.807, 2.05) is 12.1 Å². The van der Waals surface area contributed by atoms with E-state index >= 15 is 0 Å². The van der Waals surface area contributed by atoms with Crippen LogP contribution in [0, 0.1) is 5.92 Å². The molecule has 14 heavy (non-hydrogen) atoms. The molecule has 1 aliphatic carbocycles. The molecule has 0 N–H and O–H groups in total. The Balaban J connectivity index is 1.91. The van der Waals surface area contributed by atoms with E-state index in [2.05, 4.69) is 28.1 Å². The molecule has 0 saturated heterocycles. The van der Waals surface area contributed by atoms with Crippen LogP contribution in [0.5, 0.6) is 0 Å². The SMILES string of the molecule is Clc1ccccc1CC(Br)CC1CC1. The Bertz CT molecular complexity index is 307. The van der Waals surface area contributed by atoms with Gasteiger partial charge in [-0.1, -0.05) is 58.6 Å². The van der Waals surface area contributed by atoms with Crippen molar-refractivity contribution in [3.63, 3.8) is 0 Å². The summed E-state index contributed by atoms with van der Waals surface area (Å²) in [7, 11) is 0. The lowest BCUT2D eigenvalue weighted by atomic mass is 10.1. The third-order valence-corrected chi connectivity index (χ3v) is 3.75. The maximum absolute atomic E-state index is 6.10. The van der Waals surface area contributed by atoms with Gasteiger partial charge in [0.15, 0.2) is 0 Å². The zero-order valence-electron chi connectivity index (χ0n) is 8.05. The van der Waals surface area contributed by atoms with Crippen LogP contribution in [0.1, 0.15) is 24.8 Å². The molecule has 1 fully saturated rings. The topological polar surface area (TPSA) is 0 Å². The normalized spacial score (nSPS) is 18.1. The monoisotopic (exact) mass is 272 g/mol. The minimum atomic E-state index is 0.592. The van der Waals surface area contributed by atoms with E-state index in [0.717, 1.165) is 17.4 Å². The molecule has 0 nitrogen and oxygen atoms in total. The lowest BCUT2D eigenvalue weighted by Gasteiger charge is -2.09. The van der Waals surface area contributed by atoms with Crippen molar-refractivity contribution in [2.45, 2.75) is 30.5 Å². The van der Waals surface area contributed by atoms with E-state index in [-0.39, 0.29) is 0 Å². The lowest BCUT2D eigenvalue weighted by Crippen LogP contribution is -2.04. The van der Waals surface area contributed by atoms with Crippen molar-refractivity contribution in [2.24, 2.45) is 5.92 Å². The Kier molecular flexibility index (Phi) is 3.51. The first kappa shape index (κ1) is 10.5. The van der Waals surface area contributed by atoms with Gasteiger partial charge in [0.2, 0.25) is 0 Å². The van der Waals surface area contributed by atoms with Gasteiger partial charge in [0.05, 0.1) is 0 Å². The van der Waals surface area contributed by atoms with Crippen molar-refractivity contribution >= 4 is 27.5 Å². The summed E-state index contributed by atoms with van der Waals surface area (Å²) in [5.74, 6) is 0.974. The quantitative estimate of drug-likeness (QED) is 0.711. The first-order valence-electron chi connectivity index (χ1n) is 5.13. The standard InChI is InChI=1S/C12H14BrCl/c13-11(7-9-5-6-9)8-10-3-1-2-4-12(10)14/h1-4,9,11H,5-8H2. The van der Waals surface area contributed by atoms with Crippen molar-refractivity contribution in [1.82, 2.24) is 0 Å². The third-order valence-electron chi connectivity index (χ3n) is 2.69. The number of alkyl halides is 1. The average molecular weight is 274 g/mol. The first-order chi connectivity index (χ1) is 6.75. The molecule has 0 bridgehead atoms. The molecule has 1 aliphatic rings. The Morgan fingerprint density at radius 2 is 2.07 bits per heavy atom. The van der Waals surface area contributed by atoms with E-state index in [1.165, 1.54) is 24.8 Å². The summed E-state index contributed by atoms with van der Waals surface area (Å²) in [6, 6.07) is 8.12. The summed E-state index contributed by atoms with van der Waals surface area (Å²) >= 11 is 9.83. The molecular formula is C12H14BrCl. The molecule has 1 aromatic carbocycles. The molecular weight excluding hydrogens is 259 g/mol. The molecule has 1 atom stereocenters. The van der Waals surface area contributed by atoms with Gasteiger partial charge in [-0.25, -0.2) is 0 Å². The Morgan fingerprint density at radius 3 is 2.71 bits per heavy atom. The highest BCUT2D eigenvalue weighted by molar-refractivity contribution is 9.09. The van der Waals surface area contributed by atoms with Gasteiger partial charge >= 0.3 is 0 Å². The summed E-state index contributed by atoms with van der Waals surface area (Å²) in [6.45, 7) is 0. The second kappa shape index (κ2) is 4.67. The molecule has 76 valence electrons. The van der Waals surface area contributed by atoms with Gasteiger partial charge in [-0.2, -0.15) is 0 Å². The van der Waals surface area contributed by atoms with Crippen LogP contribution >= 0.6 is 27.5 Å². The highest BCUT2D eigenvalue weighted by atomic mass is 79.9. The fourth-order valence-electron chi connectivity index (χ4n) is 1.70. The van der Waals surface area contributed by atoms with E-state index in [9.17, 15) is 0 Å². The minimum Gasteiger partial charge on any atom is -0.0887 e. The zero-order valence-corrected chi connectivity index (χ0v) is 10.4. The van der Waals surface area contributed by atoms with Crippen molar-refractivity contribution in [3.05, 3.63) is 34.9 Å². The molecule has 0 radical (unpaired) electrons. The van der Waals surface area contributed by atoms with Crippen molar-refractivity contribution in [2.75, 3.05) is 0 Å². The van der Waals surface area contributed by atoms with Gasteiger partial charge in [0, 0.05) is 9.85 Å². The van der Waals surface area contributed by atoms with E-state index in [4.69, 9.17) is 11.6 Å². The predicted molar refractivity (Wildman–Crippen MR) is 65.2 cm³/mol. The summed E-state index contributed by atoms with van der Waals surface area (Å²) < 4.78 is 0. The van der Waals surface area contributed by atoms with Crippen molar-refractivity contribution < 1.29 is 0 Å². The minimum absolute atomic E-state index is 0.592. The van der Waals surface area contributed by atoms with E-state index in [0.29, 0.717) is 4.83 Å². The van der Waals surface area contributed by atoms with Crippen LogP contribution in [0.3, 0.4) is 0 Å². The largest absolute Gasteiger partial charge is 0.0887 e. The summed E-state index contributed by atoms with van der Waals surface area (Å²) in [5.41, 5.74) is 1.26. The molecule has 2 rings (SSSR count). The smallest absolute Gasteiger partial charge is 0.0438 e. The number of benzene rings is 1. The number of halogens is 2. The van der Waals surface area contributed by atoms with Crippen molar-refractivity contribution in [1.29, 1.82) is 0 Å². The van der Waals surface area contributed by atoms with Gasteiger partial charge in [0.25, 0.3) is 0 Å². The fraction of sp³-hybridized carbons (Fsp3) is 0.500. The first-order valence-corrected chi connectivity index (χ1v) is 6.42. The maximum atomic E-state index is 6.10. The molecule has 1 aromatic rings. The van der Waals surface area contributed by atoms with Gasteiger partial charge in [-0.15, -0.1) is 0 Å². The van der Waals surface area contributed by atoms with Gasteiger partial charge < -0.3 is 0 Å². The molecule has 2 heteroatoms. The van der Waals surface area contributed by atoms with Crippen LogP contribution in [0.25, 0.3) is 0 Å². The molecule has 0 spiro atoms. The van der Waals surface area contributed by atoms with Crippen LogP contribution < -0.4 is 0 Å². The lowest BCUT2D eigenvalue weighted by molar-refractivity contribution is 0.690. The van der Waals surface area contributed by atoms with Crippen molar-refractivity contribution in [3.8, 4) is 0 Å². The van der Waals surface area contributed by atoms with Gasteiger partial charge in [0.1, 0.15) is 0 Å². The molecule has 0 amide bonds. The molecule has 0 aliphatic heterocycles. The summed E-state index contributed by atoms with van der Waals surface area (Å²) in [6.07, 6.45) is 5.19. The van der Waals surface area contributed by atoms with Crippen LogP contribution in [-0.4, -0.2) is 4.83 Å². The summed E-state index contributed by atoms with van der Waals surface area (Å²) in [4.78, 5) is 0.592. The second-order valence-electron chi connectivity index (χ2n) is 4.07. The molecule has 0 aromatic heterocycles. The fourth-order valence-corrected chi connectivity index (χ4v) is 2.79. The predicted octanol–water partition coefficient (Wildman–Crippen LogP) is 4.45. The number of hydrogen-bond acceptors (Lipinski definition) is 0. The highest BCUT2D eigenvalue weighted by Gasteiger charge is 2.24. The molecule has 1 unspecified atom stereocenters. The third kappa shape index (κ3) is 2.99. The second-order valence-corrected chi connectivity index (χ2v) is 5.77. The maximum Gasteiger partial charge on any atom is 0.0438 e. The Labute approximate surface area is 98.8 Å². The van der Waals surface area contributed by atoms with Crippen LogP contribution in [0.2, 0.25) is 5.02 Å². The highest BCUT2D eigenvalue weighted by Crippen LogP contribution is 2.36. The number of rotatable bonds is 4. The average Bonchev–Trinajstić information content (AvgIpc) is 2.93. The molecule has 0 heterocycles. The zero-order chi connectivity index (χ0) is 9.97. The van der Waals surface area contributed by atoms with Gasteiger partial charge in [-0.3, -0.25) is 0 Å². The molecule has 1 saturated carbocycles. The van der Waals surface area contributed by atoms with Crippen LogP contribution in [0.4, 0.5) is 0 Å². The Hall–Kier alpha value is -0.0100. The van der Waals surface area contributed by atoms with Crippen LogP contribution in [0.15, 0.2) is 24.3 Å². The Morgan fingerprint density at radius 1 is 1.36 bits per heavy atom. The number of hydrogen-bond donors (Lipinski definition) is 0. The van der Waals surface area contributed by atoms with E-state index < -0.39 is 0 Å². The summed E-state index contributed by atoms with van der Waals surface area (Å²) in [5, 5.41) is 0.896. The van der Waals surface area contributed by atoms with E-state index in [1.54, 1.807) is 0 Å².